The Balaban J connectivity index is 2.11. The zero-order chi connectivity index (χ0) is 13.1. The zero-order valence-electron chi connectivity index (χ0n) is 10.7. The quantitative estimate of drug-likeness (QED) is 0.830. The molecule has 0 aliphatic carbocycles. The van der Waals surface area contributed by atoms with Crippen LogP contribution in [0.5, 0.6) is 0 Å². The van der Waals surface area contributed by atoms with Crippen molar-refractivity contribution in [1.82, 2.24) is 19.7 Å². The molecule has 1 N–H and O–H groups in total. The van der Waals surface area contributed by atoms with E-state index >= 15 is 0 Å². The largest absolute Gasteiger partial charge is 0.378 e. The van der Waals surface area contributed by atoms with Crippen LogP contribution in [0.2, 0.25) is 0 Å². The van der Waals surface area contributed by atoms with Crippen LogP contribution in [0.4, 0.5) is 0 Å². The van der Waals surface area contributed by atoms with E-state index in [4.69, 9.17) is 17.0 Å². The fourth-order valence-corrected chi connectivity index (χ4v) is 2.18. The van der Waals surface area contributed by atoms with Crippen molar-refractivity contribution in [2.45, 2.75) is 26.3 Å². The third-order valence-corrected chi connectivity index (χ3v) is 3.27. The first kappa shape index (κ1) is 13.2. The Labute approximate surface area is 111 Å². The summed E-state index contributed by atoms with van der Waals surface area (Å²) in [5.41, 5.74) is 0. The van der Waals surface area contributed by atoms with Crippen LogP contribution in [0.15, 0.2) is 0 Å². The van der Waals surface area contributed by atoms with E-state index in [9.17, 15) is 4.79 Å². The van der Waals surface area contributed by atoms with Gasteiger partial charge in [-0.25, -0.2) is 0 Å². The molecule has 1 aliphatic heterocycles. The highest BCUT2D eigenvalue weighted by molar-refractivity contribution is 7.71. The molecular weight excluding hydrogens is 252 g/mol. The SMILES string of the molecule is CC(C)c1n[nH]c(=S)n1CC(=O)N1CCOCC1. The number of morpholine rings is 1. The minimum atomic E-state index is 0.0673. The van der Waals surface area contributed by atoms with Crippen LogP contribution in [-0.2, 0) is 16.1 Å². The van der Waals surface area contributed by atoms with Crippen molar-refractivity contribution >= 4 is 18.1 Å². The average molecular weight is 270 g/mol. The molecule has 1 aromatic heterocycles. The summed E-state index contributed by atoms with van der Waals surface area (Å²) in [6, 6.07) is 0. The van der Waals surface area contributed by atoms with Crippen LogP contribution in [0, 0.1) is 4.77 Å². The monoisotopic (exact) mass is 270 g/mol. The highest BCUT2D eigenvalue weighted by Gasteiger charge is 2.19. The van der Waals surface area contributed by atoms with Gasteiger partial charge < -0.3 is 9.64 Å². The molecule has 2 heterocycles. The van der Waals surface area contributed by atoms with Crippen LogP contribution in [0.3, 0.4) is 0 Å². The lowest BCUT2D eigenvalue weighted by molar-refractivity contribution is -0.135. The molecular formula is C11H18N4O2S. The molecule has 1 fully saturated rings. The number of hydrogen-bond donors (Lipinski definition) is 1. The van der Waals surface area contributed by atoms with Gasteiger partial charge in [-0.1, -0.05) is 13.8 Å². The molecule has 1 saturated heterocycles. The van der Waals surface area contributed by atoms with E-state index in [1.807, 2.05) is 18.7 Å². The maximum atomic E-state index is 12.2. The van der Waals surface area contributed by atoms with Crippen molar-refractivity contribution < 1.29 is 9.53 Å². The van der Waals surface area contributed by atoms with E-state index in [2.05, 4.69) is 10.2 Å². The van der Waals surface area contributed by atoms with E-state index in [1.165, 1.54) is 0 Å². The number of aromatic nitrogens is 3. The molecule has 0 saturated carbocycles. The summed E-state index contributed by atoms with van der Waals surface area (Å²) in [6.45, 7) is 6.84. The number of hydrogen-bond acceptors (Lipinski definition) is 4. The van der Waals surface area contributed by atoms with Crippen LogP contribution in [-0.4, -0.2) is 51.9 Å². The lowest BCUT2D eigenvalue weighted by Gasteiger charge is -2.27. The van der Waals surface area contributed by atoms with Gasteiger partial charge in [0.25, 0.3) is 0 Å². The molecule has 1 amide bonds. The van der Waals surface area contributed by atoms with Crippen LogP contribution in [0.25, 0.3) is 0 Å². The van der Waals surface area contributed by atoms with Gasteiger partial charge in [0.2, 0.25) is 5.91 Å². The predicted octanol–water partition coefficient (Wildman–Crippen LogP) is 0.923. The third kappa shape index (κ3) is 2.78. The van der Waals surface area contributed by atoms with Gasteiger partial charge in [0.05, 0.1) is 13.2 Å². The number of aromatic amines is 1. The fraction of sp³-hybridized carbons (Fsp3) is 0.727. The summed E-state index contributed by atoms with van der Waals surface area (Å²) in [6.07, 6.45) is 0. The Morgan fingerprint density at radius 2 is 2.17 bits per heavy atom. The predicted molar refractivity (Wildman–Crippen MR) is 68.9 cm³/mol. The Bertz CT molecular complexity index is 474. The number of nitrogens with one attached hydrogen (secondary N) is 1. The number of H-pyrrole nitrogens is 1. The van der Waals surface area contributed by atoms with Crippen molar-refractivity contribution in [1.29, 1.82) is 0 Å². The number of rotatable bonds is 3. The molecule has 7 heteroatoms. The molecule has 0 aromatic carbocycles. The van der Waals surface area contributed by atoms with Crippen LogP contribution < -0.4 is 0 Å². The molecule has 1 aliphatic rings. The van der Waals surface area contributed by atoms with Gasteiger partial charge in [-0.3, -0.25) is 14.5 Å². The van der Waals surface area contributed by atoms with E-state index in [0.717, 1.165) is 5.82 Å². The normalized spacial score (nSPS) is 16.3. The first-order chi connectivity index (χ1) is 8.59. The van der Waals surface area contributed by atoms with Gasteiger partial charge in [0, 0.05) is 19.0 Å². The van der Waals surface area contributed by atoms with E-state index in [-0.39, 0.29) is 18.4 Å². The topological polar surface area (TPSA) is 63.2 Å². The fourth-order valence-electron chi connectivity index (χ4n) is 1.97. The second kappa shape index (κ2) is 5.62. The molecule has 2 rings (SSSR count). The van der Waals surface area contributed by atoms with Crippen molar-refractivity contribution in [2.24, 2.45) is 0 Å². The third-order valence-electron chi connectivity index (χ3n) is 2.96. The summed E-state index contributed by atoms with van der Waals surface area (Å²) >= 11 is 5.16. The van der Waals surface area contributed by atoms with Gasteiger partial charge >= 0.3 is 0 Å². The highest BCUT2D eigenvalue weighted by Crippen LogP contribution is 2.12. The lowest BCUT2D eigenvalue weighted by Crippen LogP contribution is -2.42. The summed E-state index contributed by atoms with van der Waals surface area (Å²) in [5, 5.41) is 6.91. The van der Waals surface area contributed by atoms with Gasteiger partial charge in [-0.05, 0) is 12.2 Å². The number of ether oxygens (including phenoxy) is 1. The minimum absolute atomic E-state index is 0.0673. The van der Waals surface area contributed by atoms with Gasteiger partial charge in [0.15, 0.2) is 4.77 Å². The van der Waals surface area contributed by atoms with Crippen LogP contribution >= 0.6 is 12.2 Å². The number of carbonyl (C=O) groups excluding carboxylic acids is 1. The number of carbonyl (C=O) groups is 1. The average Bonchev–Trinajstić information content (AvgIpc) is 2.72. The van der Waals surface area contributed by atoms with Gasteiger partial charge in [-0.15, -0.1) is 0 Å². The summed E-state index contributed by atoms with van der Waals surface area (Å²) < 4.78 is 7.51. The smallest absolute Gasteiger partial charge is 0.242 e. The Kier molecular flexibility index (Phi) is 4.13. The zero-order valence-corrected chi connectivity index (χ0v) is 11.5. The van der Waals surface area contributed by atoms with Crippen molar-refractivity contribution in [3.63, 3.8) is 0 Å². The number of nitrogens with zero attached hydrogens (tertiary/aromatic N) is 3. The van der Waals surface area contributed by atoms with Crippen molar-refractivity contribution in [3.05, 3.63) is 10.6 Å². The molecule has 0 spiro atoms. The summed E-state index contributed by atoms with van der Waals surface area (Å²) in [7, 11) is 0. The number of amides is 1. The molecule has 100 valence electrons. The molecule has 18 heavy (non-hydrogen) atoms. The summed E-state index contributed by atoms with van der Waals surface area (Å²) in [4.78, 5) is 14.0. The molecule has 0 bridgehead atoms. The molecule has 0 unspecified atom stereocenters. The maximum Gasteiger partial charge on any atom is 0.242 e. The van der Waals surface area contributed by atoms with E-state index < -0.39 is 0 Å². The second-order valence-electron chi connectivity index (χ2n) is 4.62. The lowest BCUT2D eigenvalue weighted by atomic mass is 10.2. The first-order valence-electron chi connectivity index (χ1n) is 6.10. The van der Waals surface area contributed by atoms with E-state index in [0.29, 0.717) is 31.1 Å². The minimum Gasteiger partial charge on any atom is -0.378 e. The van der Waals surface area contributed by atoms with E-state index in [1.54, 1.807) is 4.57 Å². The van der Waals surface area contributed by atoms with Gasteiger partial charge in [0.1, 0.15) is 12.4 Å². The maximum absolute atomic E-state index is 12.2. The van der Waals surface area contributed by atoms with Crippen molar-refractivity contribution in [2.75, 3.05) is 26.3 Å². The molecule has 0 atom stereocenters. The standard InChI is InChI=1S/C11H18N4O2S/c1-8(2)10-12-13-11(18)15(10)7-9(16)14-3-5-17-6-4-14/h8H,3-7H2,1-2H3,(H,13,18). The Morgan fingerprint density at radius 1 is 1.50 bits per heavy atom. The molecule has 1 aromatic rings. The first-order valence-corrected chi connectivity index (χ1v) is 6.51. The Morgan fingerprint density at radius 3 is 2.78 bits per heavy atom. The Hall–Kier alpha value is -1.21. The second-order valence-corrected chi connectivity index (χ2v) is 5.01. The van der Waals surface area contributed by atoms with Gasteiger partial charge in [-0.2, -0.15) is 5.10 Å². The molecule has 6 nitrogen and oxygen atoms in total. The summed E-state index contributed by atoms with van der Waals surface area (Å²) in [5.74, 6) is 1.12. The molecule has 0 radical (unpaired) electrons. The highest BCUT2D eigenvalue weighted by atomic mass is 32.1. The van der Waals surface area contributed by atoms with Crippen LogP contribution in [0.1, 0.15) is 25.6 Å². The van der Waals surface area contributed by atoms with Crippen molar-refractivity contribution in [3.8, 4) is 0 Å².